The van der Waals surface area contributed by atoms with Gasteiger partial charge in [-0.15, -0.1) is 0 Å². The molecule has 0 spiro atoms. The molecule has 1 atom stereocenters. The SMILES string of the molecule is CCOc1ccccc1C(=O)N(Cc1ccc(N2CCCCC2)o1)C1CCS(=O)(=O)C1. The average molecular weight is 447 g/mol. The van der Waals surface area contributed by atoms with Gasteiger partial charge in [-0.2, -0.15) is 0 Å². The highest BCUT2D eigenvalue weighted by molar-refractivity contribution is 7.91. The number of sulfone groups is 1. The first kappa shape index (κ1) is 21.7. The Balaban J connectivity index is 1.59. The minimum absolute atomic E-state index is 0.0186. The van der Waals surface area contributed by atoms with Gasteiger partial charge in [0, 0.05) is 25.2 Å². The molecule has 2 aliphatic rings. The van der Waals surface area contributed by atoms with Crippen molar-refractivity contribution in [1.29, 1.82) is 0 Å². The third kappa shape index (κ3) is 5.06. The molecule has 168 valence electrons. The topological polar surface area (TPSA) is 80.1 Å². The van der Waals surface area contributed by atoms with E-state index in [4.69, 9.17) is 9.15 Å². The lowest BCUT2D eigenvalue weighted by atomic mass is 10.1. The van der Waals surface area contributed by atoms with E-state index in [1.54, 1.807) is 23.1 Å². The van der Waals surface area contributed by atoms with Gasteiger partial charge in [-0.05, 0) is 50.8 Å². The fourth-order valence-electron chi connectivity index (χ4n) is 4.37. The molecule has 0 N–H and O–H groups in total. The number of anilines is 1. The van der Waals surface area contributed by atoms with Crippen LogP contribution in [0.1, 0.15) is 48.7 Å². The van der Waals surface area contributed by atoms with E-state index in [0.29, 0.717) is 30.1 Å². The predicted octanol–water partition coefficient (Wildman–Crippen LogP) is 3.50. The molecule has 1 unspecified atom stereocenters. The smallest absolute Gasteiger partial charge is 0.258 e. The summed E-state index contributed by atoms with van der Waals surface area (Å²) < 4.78 is 36.0. The highest BCUT2D eigenvalue weighted by atomic mass is 32.2. The standard InChI is InChI=1S/C23H30N2O5S/c1-2-29-21-9-5-4-8-20(21)23(26)25(18-12-15-31(27,28)17-18)16-19-10-11-22(30-19)24-13-6-3-7-14-24/h4-5,8-11,18H,2-3,6-7,12-17H2,1H3. The van der Waals surface area contributed by atoms with Crippen LogP contribution >= 0.6 is 0 Å². The summed E-state index contributed by atoms with van der Waals surface area (Å²) in [5, 5.41) is 0. The number of nitrogens with zero attached hydrogens (tertiary/aromatic N) is 2. The fraction of sp³-hybridized carbons (Fsp3) is 0.522. The van der Waals surface area contributed by atoms with Crippen LogP contribution in [-0.2, 0) is 16.4 Å². The lowest BCUT2D eigenvalue weighted by molar-refractivity contribution is 0.0662. The van der Waals surface area contributed by atoms with Crippen LogP contribution in [0.25, 0.3) is 0 Å². The van der Waals surface area contributed by atoms with Crippen molar-refractivity contribution < 1.29 is 22.4 Å². The largest absolute Gasteiger partial charge is 0.493 e. The van der Waals surface area contributed by atoms with Gasteiger partial charge in [0.1, 0.15) is 11.5 Å². The Morgan fingerprint density at radius 3 is 2.65 bits per heavy atom. The Bertz CT molecular complexity index is 1010. The molecule has 0 radical (unpaired) electrons. The number of benzene rings is 1. The van der Waals surface area contributed by atoms with Crippen LogP contribution in [0.5, 0.6) is 5.75 Å². The number of piperidine rings is 1. The molecule has 2 aliphatic heterocycles. The summed E-state index contributed by atoms with van der Waals surface area (Å²) in [7, 11) is -3.14. The van der Waals surface area contributed by atoms with Crippen LogP contribution in [0.3, 0.4) is 0 Å². The lowest BCUT2D eigenvalue weighted by Crippen LogP contribution is -2.40. The lowest BCUT2D eigenvalue weighted by Gasteiger charge is -2.28. The number of amides is 1. The van der Waals surface area contributed by atoms with Crippen LogP contribution < -0.4 is 9.64 Å². The first-order chi connectivity index (χ1) is 15.0. The molecule has 8 heteroatoms. The molecule has 2 aromatic rings. The van der Waals surface area contributed by atoms with Crippen molar-refractivity contribution in [2.24, 2.45) is 0 Å². The Kier molecular flexibility index (Phi) is 6.55. The van der Waals surface area contributed by atoms with Crippen molar-refractivity contribution >= 4 is 21.6 Å². The maximum Gasteiger partial charge on any atom is 0.258 e. The number of ether oxygens (including phenoxy) is 1. The van der Waals surface area contributed by atoms with Crippen molar-refractivity contribution in [1.82, 2.24) is 4.90 Å². The summed E-state index contributed by atoms with van der Waals surface area (Å²) in [6, 6.07) is 10.6. The van der Waals surface area contributed by atoms with E-state index in [9.17, 15) is 13.2 Å². The number of rotatable bonds is 7. The predicted molar refractivity (Wildman–Crippen MR) is 119 cm³/mol. The van der Waals surface area contributed by atoms with E-state index < -0.39 is 9.84 Å². The molecule has 2 fully saturated rings. The van der Waals surface area contributed by atoms with Crippen LogP contribution in [0, 0.1) is 0 Å². The Morgan fingerprint density at radius 2 is 1.94 bits per heavy atom. The monoisotopic (exact) mass is 446 g/mol. The summed E-state index contributed by atoms with van der Waals surface area (Å²) >= 11 is 0. The Hall–Kier alpha value is -2.48. The highest BCUT2D eigenvalue weighted by Gasteiger charge is 2.36. The van der Waals surface area contributed by atoms with Gasteiger partial charge in [-0.3, -0.25) is 4.79 Å². The Morgan fingerprint density at radius 1 is 1.16 bits per heavy atom. The Labute approximate surface area is 183 Å². The minimum atomic E-state index is -3.14. The molecule has 1 aromatic carbocycles. The molecule has 2 saturated heterocycles. The summed E-state index contributed by atoms with van der Waals surface area (Å²) in [5.74, 6) is 1.83. The van der Waals surface area contributed by atoms with Gasteiger partial charge in [0.15, 0.2) is 15.7 Å². The van der Waals surface area contributed by atoms with E-state index in [-0.39, 0.29) is 30.0 Å². The number of carbonyl (C=O) groups excluding carboxylic acids is 1. The van der Waals surface area contributed by atoms with Crippen molar-refractivity contribution in [2.75, 3.05) is 36.1 Å². The number of hydrogen-bond donors (Lipinski definition) is 0. The maximum atomic E-state index is 13.6. The van der Waals surface area contributed by atoms with E-state index >= 15 is 0 Å². The molecule has 0 saturated carbocycles. The first-order valence-corrected chi connectivity index (χ1v) is 12.9. The van der Waals surface area contributed by atoms with Gasteiger partial charge < -0.3 is 19.0 Å². The molecule has 7 nitrogen and oxygen atoms in total. The second-order valence-electron chi connectivity index (χ2n) is 8.21. The van der Waals surface area contributed by atoms with Crippen molar-refractivity contribution in [2.45, 2.75) is 45.2 Å². The molecular weight excluding hydrogens is 416 g/mol. The molecule has 0 aliphatic carbocycles. The van der Waals surface area contributed by atoms with E-state index in [1.165, 1.54) is 6.42 Å². The molecule has 4 rings (SSSR count). The van der Waals surface area contributed by atoms with Crippen LogP contribution in [-0.4, -0.2) is 56.5 Å². The van der Waals surface area contributed by atoms with E-state index in [0.717, 1.165) is 31.8 Å². The zero-order valence-electron chi connectivity index (χ0n) is 18.0. The van der Waals surface area contributed by atoms with Gasteiger partial charge in [-0.1, -0.05) is 12.1 Å². The van der Waals surface area contributed by atoms with Gasteiger partial charge in [0.25, 0.3) is 5.91 Å². The molecule has 1 amide bonds. The molecule has 0 bridgehead atoms. The van der Waals surface area contributed by atoms with Crippen molar-refractivity contribution in [3.05, 3.63) is 47.7 Å². The third-order valence-corrected chi connectivity index (χ3v) is 7.72. The maximum absolute atomic E-state index is 13.6. The third-order valence-electron chi connectivity index (χ3n) is 5.97. The first-order valence-electron chi connectivity index (χ1n) is 11.0. The van der Waals surface area contributed by atoms with Crippen LogP contribution in [0.2, 0.25) is 0 Å². The number of hydrogen-bond acceptors (Lipinski definition) is 6. The summed E-state index contributed by atoms with van der Waals surface area (Å²) in [4.78, 5) is 17.4. The van der Waals surface area contributed by atoms with Gasteiger partial charge >= 0.3 is 0 Å². The quantitative estimate of drug-likeness (QED) is 0.648. The molecule has 31 heavy (non-hydrogen) atoms. The molecule has 3 heterocycles. The molecular formula is C23H30N2O5S. The molecule has 1 aromatic heterocycles. The number of furan rings is 1. The highest BCUT2D eigenvalue weighted by Crippen LogP contribution is 2.28. The number of carbonyl (C=O) groups is 1. The summed E-state index contributed by atoms with van der Waals surface area (Å²) in [5.41, 5.74) is 0.441. The van der Waals surface area contributed by atoms with Crippen molar-refractivity contribution in [3.8, 4) is 5.75 Å². The van der Waals surface area contributed by atoms with Gasteiger partial charge in [0.05, 0.1) is 30.2 Å². The van der Waals surface area contributed by atoms with Crippen molar-refractivity contribution in [3.63, 3.8) is 0 Å². The normalized spacial score (nSPS) is 20.5. The van der Waals surface area contributed by atoms with Crippen LogP contribution in [0.15, 0.2) is 40.8 Å². The van der Waals surface area contributed by atoms with Gasteiger partial charge in [-0.25, -0.2) is 8.42 Å². The summed E-state index contributed by atoms with van der Waals surface area (Å²) in [6.07, 6.45) is 3.97. The fourth-order valence-corrected chi connectivity index (χ4v) is 6.10. The van der Waals surface area contributed by atoms with Gasteiger partial charge in [0.2, 0.25) is 0 Å². The zero-order valence-corrected chi connectivity index (χ0v) is 18.8. The number of para-hydroxylation sites is 1. The van der Waals surface area contributed by atoms with E-state index in [1.807, 2.05) is 25.1 Å². The minimum Gasteiger partial charge on any atom is -0.493 e. The second-order valence-corrected chi connectivity index (χ2v) is 10.4. The average Bonchev–Trinajstić information content (AvgIpc) is 3.39. The summed E-state index contributed by atoms with van der Waals surface area (Å²) in [6.45, 7) is 4.48. The zero-order chi connectivity index (χ0) is 21.8. The van der Waals surface area contributed by atoms with E-state index in [2.05, 4.69) is 4.90 Å². The second kappa shape index (κ2) is 9.34. The van der Waals surface area contributed by atoms with Crippen LogP contribution in [0.4, 0.5) is 5.88 Å².